The van der Waals surface area contributed by atoms with Crippen molar-refractivity contribution in [2.45, 2.75) is 6.42 Å². The lowest BCUT2D eigenvalue weighted by Gasteiger charge is -2.08. The van der Waals surface area contributed by atoms with Crippen molar-refractivity contribution in [3.8, 4) is 0 Å². The van der Waals surface area contributed by atoms with Crippen LogP contribution < -0.4 is 11.1 Å². The number of nitrogens with one attached hydrogen (secondary N) is 1. The third-order valence-corrected chi connectivity index (χ3v) is 3.14. The van der Waals surface area contributed by atoms with Crippen LogP contribution in [0.5, 0.6) is 0 Å². The lowest BCUT2D eigenvalue weighted by Crippen LogP contribution is -2.12. The average molecular weight is 305 g/mol. The summed E-state index contributed by atoms with van der Waals surface area (Å²) in [5.41, 5.74) is 7.48. The Kier molecular flexibility index (Phi) is 4.45. The fourth-order valence-electron chi connectivity index (χ4n) is 1.82. The number of carbonyl (C=O) groups excluding carboxylic acids is 1. The number of hydrogen-bond acceptors (Lipinski definition) is 3. The summed E-state index contributed by atoms with van der Waals surface area (Å²) in [6.45, 7) is 0. The second kappa shape index (κ2) is 6.28. The number of rotatable bonds is 4. The number of benzene rings is 2. The van der Waals surface area contributed by atoms with Crippen LogP contribution in [0.4, 0.5) is 11.4 Å². The maximum Gasteiger partial charge on any atom is 0.307 e. The van der Waals surface area contributed by atoms with Gasteiger partial charge in [0.2, 0.25) is 0 Å². The maximum atomic E-state index is 12.1. The second-order valence-electron chi connectivity index (χ2n) is 4.46. The van der Waals surface area contributed by atoms with Crippen LogP contribution in [0.25, 0.3) is 0 Å². The van der Waals surface area contributed by atoms with Gasteiger partial charge in [0, 0.05) is 11.3 Å². The van der Waals surface area contributed by atoms with Crippen LogP contribution in [0.3, 0.4) is 0 Å². The van der Waals surface area contributed by atoms with Gasteiger partial charge in [0.25, 0.3) is 5.91 Å². The van der Waals surface area contributed by atoms with E-state index in [2.05, 4.69) is 5.32 Å². The zero-order valence-corrected chi connectivity index (χ0v) is 11.7. The van der Waals surface area contributed by atoms with Crippen molar-refractivity contribution in [2.75, 3.05) is 11.1 Å². The molecule has 0 aromatic heterocycles. The van der Waals surface area contributed by atoms with Crippen LogP contribution in [0.1, 0.15) is 15.9 Å². The van der Waals surface area contributed by atoms with E-state index in [-0.39, 0.29) is 12.3 Å². The molecule has 1 amide bonds. The minimum atomic E-state index is -0.927. The SMILES string of the molecule is Nc1cc(C(=O)Nc2cccc(CC(=O)O)c2)ccc1Cl. The molecule has 2 rings (SSSR count). The Morgan fingerprint density at radius 1 is 1.19 bits per heavy atom. The summed E-state index contributed by atoms with van der Waals surface area (Å²) in [6.07, 6.45) is -0.0996. The van der Waals surface area contributed by atoms with E-state index in [4.69, 9.17) is 22.4 Å². The van der Waals surface area contributed by atoms with Gasteiger partial charge in [-0.1, -0.05) is 23.7 Å². The summed E-state index contributed by atoms with van der Waals surface area (Å²) in [5, 5.41) is 11.8. The van der Waals surface area contributed by atoms with Gasteiger partial charge in [0.15, 0.2) is 0 Å². The van der Waals surface area contributed by atoms with Gasteiger partial charge >= 0.3 is 5.97 Å². The van der Waals surface area contributed by atoms with Crippen molar-refractivity contribution in [1.82, 2.24) is 0 Å². The molecule has 2 aromatic carbocycles. The highest BCUT2D eigenvalue weighted by Crippen LogP contribution is 2.20. The van der Waals surface area contributed by atoms with Crippen molar-refractivity contribution in [1.29, 1.82) is 0 Å². The van der Waals surface area contributed by atoms with Crippen molar-refractivity contribution >= 4 is 34.9 Å². The van der Waals surface area contributed by atoms with E-state index in [1.54, 1.807) is 36.4 Å². The lowest BCUT2D eigenvalue weighted by atomic mass is 10.1. The Hall–Kier alpha value is -2.53. The van der Waals surface area contributed by atoms with Crippen LogP contribution in [-0.4, -0.2) is 17.0 Å². The molecule has 0 aliphatic heterocycles. The molecule has 0 unspecified atom stereocenters. The molecule has 4 N–H and O–H groups in total. The van der Waals surface area contributed by atoms with Crippen LogP contribution >= 0.6 is 11.6 Å². The molecule has 6 heteroatoms. The van der Waals surface area contributed by atoms with E-state index in [1.807, 2.05) is 0 Å². The normalized spacial score (nSPS) is 10.1. The first kappa shape index (κ1) is 14.9. The third-order valence-electron chi connectivity index (χ3n) is 2.80. The molecule has 0 bridgehead atoms. The number of halogens is 1. The molecule has 0 spiro atoms. The Labute approximate surface area is 126 Å². The number of nitrogen functional groups attached to an aromatic ring is 1. The molecule has 0 aliphatic carbocycles. The Bertz CT molecular complexity index is 701. The lowest BCUT2D eigenvalue weighted by molar-refractivity contribution is -0.136. The molecule has 0 saturated carbocycles. The summed E-state index contributed by atoms with van der Waals surface area (Å²) in [5.74, 6) is -1.27. The van der Waals surface area contributed by atoms with Gasteiger partial charge < -0.3 is 16.2 Å². The number of carboxylic acids is 1. The Morgan fingerprint density at radius 2 is 1.95 bits per heavy atom. The fraction of sp³-hybridized carbons (Fsp3) is 0.0667. The van der Waals surface area contributed by atoms with Crippen molar-refractivity contribution in [3.05, 3.63) is 58.6 Å². The van der Waals surface area contributed by atoms with Gasteiger partial charge in [-0.3, -0.25) is 9.59 Å². The first-order valence-corrected chi connectivity index (χ1v) is 6.50. The number of anilines is 2. The molecular formula is C15H13ClN2O3. The molecule has 0 atom stereocenters. The zero-order valence-electron chi connectivity index (χ0n) is 11.0. The standard InChI is InChI=1S/C15H13ClN2O3/c16-12-5-4-10(8-13(12)17)15(21)18-11-3-1-2-9(6-11)7-14(19)20/h1-6,8H,7,17H2,(H,18,21)(H,19,20). The molecule has 0 aliphatic rings. The van der Waals surface area contributed by atoms with E-state index in [1.165, 1.54) is 6.07 Å². The predicted molar refractivity (Wildman–Crippen MR) is 81.6 cm³/mol. The second-order valence-corrected chi connectivity index (χ2v) is 4.87. The van der Waals surface area contributed by atoms with E-state index < -0.39 is 5.97 Å². The Balaban J connectivity index is 2.15. The van der Waals surface area contributed by atoms with Gasteiger partial charge in [-0.15, -0.1) is 0 Å². The summed E-state index contributed by atoms with van der Waals surface area (Å²) < 4.78 is 0. The van der Waals surface area contributed by atoms with Gasteiger partial charge in [0.1, 0.15) is 0 Å². The number of nitrogens with two attached hydrogens (primary N) is 1. The van der Waals surface area contributed by atoms with Gasteiger partial charge in [-0.2, -0.15) is 0 Å². The zero-order chi connectivity index (χ0) is 15.4. The summed E-state index contributed by atoms with van der Waals surface area (Å²) >= 11 is 5.80. The Morgan fingerprint density at radius 3 is 2.62 bits per heavy atom. The molecular weight excluding hydrogens is 292 g/mol. The fourth-order valence-corrected chi connectivity index (χ4v) is 1.94. The predicted octanol–water partition coefficient (Wildman–Crippen LogP) is 2.80. The minimum absolute atomic E-state index is 0.0996. The first-order valence-electron chi connectivity index (χ1n) is 6.13. The third kappa shape index (κ3) is 3.97. The van der Waals surface area contributed by atoms with Crippen molar-refractivity contribution in [3.63, 3.8) is 0 Å². The largest absolute Gasteiger partial charge is 0.481 e. The molecule has 21 heavy (non-hydrogen) atoms. The van der Waals surface area contributed by atoms with Crippen molar-refractivity contribution < 1.29 is 14.7 Å². The molecule has 2 aromatic rings. The maximum absolute atomic E-state index is 12.1. The summed E-state index contributed by atoms with van der Waals surface area (Å²) in [6, 6.07) is 11.3. The highest BCUT2D eigenvalue weighted by Gasteiger charge is 2.09. The molecule has 0 saturated heterocycles. The molecule has 0 fully saturated rings. The van der Waals surface area contributed by atoms with E-state index in [0.29, 0.717) is 27.5 Å². The topological polar surface area (TPSA) is 92.4 Å². The van der Waals surface area contributed by atoms with E-state index >= 15 is 0 Å². The van der Waals surface area contributed by atoms with Gasteiger partial charge in [0.05, 0.1) is 17.1 Å². The number of carbonyl (C=O) groups is 2. The van der Waals surface area contributed by atoms with Crippen LogP contribution in [0, 0.1) is 0 Å². The number of carboxylic acid groups (broad SMARTS) is 1. The van der Waals surface area contributed by atoms with Gasteiger partial charge in [-0.05, 0) is 35.9 Å². The first-order chi connectivity index (χ1) is 9.95. The van der Waals surface area contributed by atoms with Crippen LogP contribution in [0.2, 0.25) is 5.02 Å². The van der Waals surface area contributed by atoms with Crippen LogP contribution in [0.15, 0.2) is 42.5 Å². The molecule has 5 nitrogen and oxygen atoms in total. The number of amides is 1. The smallest absolute Gasteiger partial charge is 0.307 e. The highest BCUT2D eigenvalue weighted by molar-refractivity contribution is 6.33. The molecule has 108 valence electrons. The summed E-state index contributed by atoms with van der Waals surface area (Å²) in [7, 11) is 0. The van der Waals surface area contributed by atoms with E-state index in [0.717, 1.165) is 0 Å². The average Bonchev–Trinajstić information content (AvgIpc) is 2.41. The molecule has 0 radical (unpaired) electrons. The van der Waals surface area contributed by atoms with E-state index in [9.17, 15) is 9.59 Å². The minimum Gasteiger partial charge on any atom is -0.481 e. The van der Waals surface area contributed by atoms with Crippen LogP contribution in [-0.2, 0) is 11.2 Å². The number of hydrogen-bond donors (Lipinski definition) is 3. The highest BCUT2D eigenvalue weighted by atomic mass is 35.5. The van der Waals surface area contributed by atoms with Crippen molar-refractivity contribution in [2.24, 2.45) is 0 Å². The quantitative estimate of drug-likeness (QED) is 0.757. The molecule has 0 heterocycles. The summed E-state index contributed by atoms with van der Waals surface area (Å²) in [4.78, 5) is 22.8. The number of aliphatic carboxylic acids is 1. The monoisotopic (exact) mass is 304 g/mol. The van der Waals surface area contributed by atoms with Gasteiger partial charge in [-0.25, -0.2) is 0 Å².